The minimum atomic E-state index is 0. The van der Waals surface area contributed by atoms with Crippen LogP contribution in [0.5, 0.6) is 0 Å². The van der Waals surface area contributed by atoms with Crippen molar-refractivity contribution in [1.82, 2.24) is 10.6 Å². The molecule has 1 heterocycles. The number of hydrogen-bond donors (Lipinski definition) is 2. The topological polar surface area (TPSA) is 36.4 Å². The van der Waals surface area contributed by atoms with Crippen molar-refractivity contribution in [2.45, 2.75) is 25.3 Å². The van der Waals surface area contributed by atoms with Crippen molar-refractivity contribution < 1.29 is 0 Å². The van der Waals surface area contributed by atoms with Gasteiger partial charge in [-0.05, 0) is 54.0 Å². The second-order valence-electron chi connectivity index (χ2n) is 3.87. The highest BCUT2D eigenvalue weighted by Gasteiger charge is 2.21. The van der Waals surface area contributed by atoms with Gasteiger partial charge in [0, 0.05) is 24.5 Å². The fourth-order valence-corrected chi connectivity index (χ4v) is 3.16. The minimum Gasteiger partial charge on any atom is -0.356 e. The van der Waals surface area contributed by atoms with Crippen LogP contribution < -0.4 is 10.6 Å². The summed E-state index contributed by atoms with van der Waals surface area (Å²) < 4.78 is 1.35. The van der Waals surface area contributed by atoms with Gasteiger partial charge in [0.1, 0.15) is 0 Å². The lowest BCUT2D eigenvalue weighted by molar-refractivity contribution is 0.796. The molecule has 0 amide bonds. The molecule has 1 saturated carbocycles. The maximum Gasteiger partial charge on any atom is 0.191 e. The van der Waals surface area contributed by atoms with E-state index < -0.39 is 0 Å². The molecule has 0 spiro atoms. The molecule has 0 radical (unpaired) electrons. The zero-order chi connectivity index (χ0) is 11.4. The van der Waals surface area contributed by atoms with Crippen molar-refractivity contribution in [3.8, 4) is 0 Å². The zero-order valence-corrected chi connectivity index (χ0v) is 15.0. The number of hydrogen-bond acceptors (Lipinski definition) is 2. The van der Waals surface area contributed by atoms with Gasteiger partial charge in [0.25, 0.3) is 0 Å². The third-order valence-corrected chi connectivity index (χ3v) is 4.39. The molecule has 2 rings (SSSR count). The first-order valence-electron chi connectivity index (χ1n) is 5.49. The van der Waals surface area contributed by atoms with Crippen molar-refractivity contribution in [2.24, 2.45) is 4.99 Å². The summed E-state index contributed by atoms with van der Waals surface area (Å²) in [6.45, 7) is 0.947. The molecule has 0 bridgehead atoms. The average molecular weight is 477 g/mol. The van der Waals surface area contributed by atoms with E-state index in [1.54, 1.807) is 0 Å². The molecule has 2 N–H and O–H groups in total. The first-order chi connectivity index (χ1) is 7.78. The fraction of sp³-hybridized carbons (Fsp3) is 0.545. The fourth-order valence-electron chi connectivity index (χ4n) is 1.41. The summed E-state index contributed by atoms with van der Waals surface area (Å²) in [6.07, 6.45) is 3.63. The second kappa shape index (κ2) is 7.78. The predicted molar refractivity (Wildman–Crippen MR) is 93.7 cm³/mol. The number of aliphatic imine (C=N–C) groups is 1. The van der Waals surface area contributed by atoms with Crippen molar-refractivity contribution >= 4 is 63.9 Å². The van der Waals surface area contributed by atoms with Gasteiger partial charge in [0.15, 0.2) is 5.96 Å². The van der Waals surface area contributed by atoms with Crippen LogP contribution in [0.2, 0.25) is 0 Å². The summed E-state index contributed by atoms with van der Waals surface area (Å²) in [6, 6.07) is 5.03. The van der Waals surface area contributed by atoms with Gasteiger partial charge < -0.3 is 10.6 Å². The van der Waals surface area contributed by atoms with Crippen LogP contribution in [0.3, 0.4) is 0 Å². The van der Waals surface area contributed by atoms with E-state index in [1.807, 2.05) is 18.4 Å². The highest BCUT2D eigenvalue weighted by molar-refractivity contribution is 14.1. The molecular weight excluding hydrogens is 460 g/mol. The van der Waals surface area contributed by atoms with Gasteiger partial charge in [-0.2, -0.15) is 0 Å². The van der Waals surface area contributed by atoms with E-state index in [4.69, 9.17) is 0 Å². The van der Waals surface area contributed by atoms with E-state index in [1.165, 1.54) is 20.6 Å². The van der Waals surface area contributed by atoms with Crippen LogP contribution >= 0.6 is 57.9 Å². The molecular formula is C11H17I2N3S. The molecule has 0 aromatic carbocycles. The Morgan fingerprint density at radius 1 is 1.53 bits per heavy atom. The minimum absolute atomic E-state index is 0. The molecule has 1 aliphatic rings. The number of guanidine groups is 1. The summed E-state index contributed by atoms with van der Waals surface area (Å²) in [5.74, 6) is 0.939. The molecule has 17 heavy (non-hydrogen) atoms. The molecule has 0 unspecified atom stereocenters. The molecule has 1 fully saturated rings. The van der Waals surface area contributed by atoms with Crippen LogP contribution in [0.1, 0.15) is 17.7 Å². The van der Waals surface area contributed by atoms with E-state index in [0.29, 0.717) is 6.04 Å². The molecule has 0 saturated heterocycles. The number of nitrogens with zero attached hydrogens (tertiary/aromatic N) is 1. The van der Waals surface area contributed by atoms with E-state index in [-0.39, 0.29) is 24.0 Å². The summed E-state index contributed by atoms with van der Waals surface area (Å²) in [4.78, 5) is 5.63. The Kier molecular flexibility index (Phi) is 7.08. The maximum absolute atomic E-state index is 4.20. The monoisotopic (exact) mass is 477 g/mol. The Bertz CT molecular complexity index is 375. The molecule has 96 valence electrons. The van der Waals surface area contributed by atoms with Crippen molar-refractivity contribution in [1.29, 1.82) is 0 Å². The van der Waals surface area contributed by atoms with Gasteiger partial charge in [-0.1, -0.05) is 0 Å². The van der Waals surface area contributed by atoms with Gasteiger partial charge in [0.2, 0.25) is 0 Å². The Morgan fingerprint density at radius 3 is 2.82 bits per heavy atom. The lowest BCUT2D eigenvalue weighted by atomic mass is 10.3. The average Bonchev–Trinajstić information content (AvgIpc) is 3.00. The van der Waals surface area contributed by atoms with Crippen LogP contribution in [0.4, 0.5) is 0 Å². The van der Waals surface area contributed by atoms with Crippen molar-refractivity contribution in [2.75, 3.05) is 13.6 Å². The summed E-state index contributed by atoms with van der Waals surface area (Å²) in [5.41, 5.74) is 0. The lowest BCUT2D eigenvalue weighted by Gasteiger charge is -2.10. The van der Waals surface area contributed by atoms with Crippen molar-refractivity contribution in [3.63, 3.8) is 0 Å². The third kappa shape index (κ3) is 5.73. The van der Waals surface area contributed by atoms with E-state index in [0.717, 1.165) is 18.9 Å². The molecule has 1 aromatic rings. The van der Waals surface area contributed by atoms with Crippen LogP contribution in [0.15, 0.2) is 17.1 Å². The second-order valence-corrected chi connectivity index (χ2v) is 6.94. The standard InChI is InChI=1S/C11H16IN3S.HI/c1-13-11(15-8-2-3-8)14-7-6-9-4-5-10(12)16-9;/h4-5,8H,2-3,6-7H2,1H3,(H2,13,14,15);1H. The molecule has 6 heteroatoms. The lowest BCUT2D eigenvalue weighted by Crippen LogP contribution is -2.39. The number of nitrogens with one attached hydrogen (secondary N) is 2. The smallest absolute Gasteiger partial charge is 0.191 e. The quantitative estimate of drug-likeness (QED) is 0.398. The Balaban J connectivity index is 0.00000144. The highest BCUT2D eigenvalue weighted by atomic mass is 127. The van der Waals surface area contributed by atoms with Gasteiger partial charge >= 0.3 is 0 Å². The Morgan fingerprint density at radius 2 is 2.29 bits per heavy atom. The van der Waals surface area contributed by atoms with Gasteiger partial charge in [-0.15, -0.1) is 35.3 Å². The third-order valence-electron chi connectivity index (χ3n) is 2.43. The van der Waals surface area contributed by atoms with E-state index in [2.05, 4.69) is 50.3 Å². The highest BCUT2D eigenvalue weighted by Crippen LogP contribution is 2.19. The molecule has 1 aliphatic carbocycles. The first-order valence-corrected chi connectivity index (χ1v) is 7.39. The first kappa shape index (κ1) is 15.5. The van der Waals surface area contributed by atoms with Crippen LogP contribution in [-0.2, 0) is 6.42 Å². The normalized spacial score (nSPS) is 15.3. The van der Waals surface area contributed by atoms with E-state index >= 15 is 0 Å². The van der Waals surface area contributed by atoms with Gasteiger partial charge in [0.05, 0.1) is 2.88 Å². The summed E-state index contributed by atoms with van der Waals surface area (Å²) in [7, 11) is 1.83. The largest absolute Gasteiger partial charge is 0.356 e. The number of rotatable bonds is 4. The summed E-state index contributed by atoms with van der Waals surface area (Å²) >= 11 is 4.22. The predicted octanol–water partition coefficient (Wildman–Crippen LogP) is 2.84. The molecule has 0 atom stereocenters. The SMILES string of the molecule is CN=C(NCCc1ccc(I)s1)NC1CC1.I. The van der Waals surface area contributed by atoms with Crippen LogP contribution in [0.25, 0.3) is 0 Å². The number of halogens is 2. The maximum atomic E-state index is 4.20. The van der Waals surface area contributed by atoms with Gasteiger partial charge in [-0.3, -0.25) is 4.99 Å². The van der Waals surface area contributed by atoms with Crippen molar-refractivity contribution in [3.05, 3.63) is 19.9 Å². The van der Waals surface area contributed by atoms with Gasteiger partial charge in [-0.25, -0.2) is 0 Å². The number of thiophene rings is 1. The molecule has 3 nitrogen and oxygen atoms in total. The summed E-state index contributed by atoms with van der Waals surface area (Å²) in [5, 5.41) is 6.71. The van der Waals surface area contributed by atoms with Crippen LogP contribution in [-0.4, -0.2) is 25.6 Å². The molecule has 1 aromatic heterocycles. The Labute approximate surface area is 137 Å². The van der Waals surface area contributed by atoms with Crippen LogP contribution in [0, 0.1) is 2.88 Å². The zero-order valence-electron chi connectivity index (χ0n) is 9.70. The van der Waals surface area contributed by atoms with E-state index in [9.17, 15) is 0 Å². The Hall–Kier alpha value is 0.430. The molecule has 0 aliphatic heterocycles.